The quantitative estimate of drug-likeness (QED) is 0.685. The minimum Gasteiger partial charge on any atom is -0.341 e. The third-order valence-electron chi connectivity index (χ3n) is 3.09. The molecule has 0 saturated carbocycles. The van der Waals surface area contributed by atoms with Gasteiger partial charge >= 0.3 is 0 Å². The van der Waals surface area contributed by atoms with Crippen LogP contribution in [0.25, 0.3) is 10.9 Å². The first-order chi connectivity index (χ1) is 7.19. The second-order valence-corrected chi connectivity index (χ2v) is 3.89. The van der Waals surface area contributed by atoms with Gasteiger partial charge < -0.3 is 4.57 Å². The molecule has 2 rings (SSSR count). The lowest BCUT2D eigenvalue weighted by Gasteiger charge is -1.99. The predicted octanol–water partition coefficient (Wildman–Crippen LogP) is 2.86. The van der Waals surface area contributed by atoms with Gasteiger partial charge in [-0.3, -0.25) is 4.79 Å². The molecule has 0 aliphatic carbocycles. The van der Waals surface area contributed by atoms with Crippen LogP contribution in [-0.2, 0) is 13.5 Å². The largest absolute Gasteiger partial charge is 0.341 e. The average Bonchev–Trinajstić information content (AvgIpc) is 2.51. The minimum atomic E-state index is 0.776. The zero-order valence-electron chi connectivity index (χ0n) is 9.37. The molecule has 0 atom stereocenters. The molecule has 0 spiro atoms. The van der Waals surface area contributed by atoms with Crippen molar-refractivity contribution in [3.8, 4) is 0 Å². The fourth-order valence-corrected chi connectivity index (χ4v) is 2.08. The fraction of sp³-hybridized carbons (Fsp3) is 0.308. The van der Waals surface area contributed by atoms with Crippen LogP contribution in [0.15, 0.2) is 18.2 Å². The van der Waals surface area contributed by atoms with Crippen molar-refractivity contribution in [1.82, 2.24) is 4.57 Å². The number of aryl methyl sites for hydroxylation is 3. The van der Waals surface area contributed by atoms with Gasteiger partial charge in [0.1, 0.15) is 0 Å². The van der Waals surface area contributed by atoms with Gasteiger partial charge in [-0.25, -0.2) is 0 Å². The van der Waals surface area contributed by atoms with E-state index in [0.29, 0.717) is 0 Å². The van der Waals surface area contributed by atoms with E-state index >= 15 is 0 Å². The molecule has 1 heterocycles. The van der Waals surface area contributed by atoms with Gasteiger partial charge in [0.05, 0.1) is 5.69 Å². The highest BCUT2D eigenvalue weighted by Gasteiger charge is 2.10. The highest BCUT2D eigenvalue weighted by Crippen LogP contribution is 2.24. The van der Waals surface area contributed by atoms with Gasteiger partial charge in [-0.2, -0.15) is 0 Å². The zero-order valence-corrected chi connectivity index (χ0v) is 9.37. The molecule has 2 heteroatoms. The topological polar surface area (TPSA) is 22.0 Å². The third-order valence-corrected chi connectivity index (χ3v) is 3.09. The molecule has 1 aromatic carbocycles. The van der Waals surface area contributed by atoms with E-state index in [-0.39, 0.29) is 0 Å². The van der Waals surface area contributed by atoms with Crippen molar-refractivity contribution in [1.29, 1.82) is 0 Å². The SMILES string of the molecule is CCc1ccc2c(c1)c(C)c(C=O)n2C. The number of carbonyl (C=O) groups excluding carboxylic acids is 1. The first kappa shape index (κ1) is 9.97. The van der Waals surface area contributed by atoms with Crippen LogP contribution in [0.1, 0.15) is 28.5 Å². The minimum absolute atomic E-state index is 0.776. The van der Waals surface area contributed by atoms with E-state index < -0.39 is 0 Å². The molecule has 2 nitrogen and oxygen atoms in total. The number of benzene rings is 1. The molecule has 0 aliphatic heterocycles. The Balaban J connectivity index is 2.83. The van der Waals surface area contributed by atoms with Crippen molar-refractivity contribution < 1.29 is 4.79 Å². The van der Waals surface area contributed by atoms with Crippen LogP contribution < -0.4 is 0 Å². The summed E-state index contributed by atoms with van der Waals surface area (Å²) in [4.78, 5) is 11.0. The number of rotatable bonds is 2. The monoisotopic (exact) mass is 201 g/mol. The van der Waals surface area contributed by atoms with E-state index in [9.17, 15) is 4.79 Å². The summed E-state index contributed by atoms with van der Waals surface area (Å²) in [5.74, 6) is 0. The lowest BCUT2D eigenvalue weighted by atomic mass is 10.1. The molecule has 0 fully saturated rings. The van der Waals surface area contributed by atoms with E-state index in [1.54, 1.807) is 0 Å². The molecule has 0 radical (unpaired) electrons. The molecule has 0 bridgehead atoms. The molecule has 0 saturated heterocycles. The van der Waals surface area contributed by atoms with Crippen LogP contribution in [0.4, 0.5) is 0 Å². The summed E-state index contributed by atoms with van der Waals surface area (Å²) in [5.41, 5.74) is 4.30. The average molecular weight is 201 g/mol. The van der Waals surface area contributed by atoms with E-state index in [1.807, 2.05) is 18.5 Å². The van der Waals surface area contributed by atoms with Crippen molar-refractivity contribution in [2.45, 2.75) is 20.3 Å². The molecular weight excluding hydrogens is 186 g/mol. The van der Waals surface area contributed by atoms with Crippen LogP contribution in [0, 0.1) is 6.92 Å². The van der Waals surface area contributed by atoms with Crippen molar-refractivity contribution in [3.05, 3.63) is 35.0 Å². The van der Waals surface area contributed by atoms with Gasteiger partial charge in [-0.1, -0.05) is 13.0 Å². The standard InChI is InChI=1S/C13H15NO/c1-4-10-5-6-12-11(7-10)9(2)13(8-15)14(12)3/h5-8H,4H2,1-3H3. The van der Waals surface area contributed by atoms with Gasteiger partial charge in [0.15, 0.2) is 6.29 Å². The highest BCUT2D eigenvalue weighted by molar-refractivity contribution is 5.93. The second kappa shape index (κ2) is 3.54. The number of hydrogen-bond donors (Lipinski definition) is 0. The normalized spacial score (nSPS) is 10.9. The van der Waals surface area contributed by atoms with Crippen LogP contribution in [0.2, 0.25) is 0 Å². The Labute approximate surface area is 89.5 Å². The van der Waals surface area contributed by atoms with E-state index in [0.717, 1.165) is 29.5 Å². The Kier molecular flexibility index (Phi) is 2.35. The van der Waals surface area contributed by atoms with Crippen LogP contribution in [-0.4, -0.2) is 10.9 Å². The number of carbonyl (C=O) groups is 1. The summed E-state index contributed by atoms with van der Waals surface area (Å²) >= 11 is 0. The Hall–Kier alpha value is -1.57. The lowest BCUT2D eigenvalue weighted by Crippen LogP contribution is -1.94. The molecule has 15 heavy (non-hydrogen) atoms. The summed E-state index contributed by atoms with van der Waals surface area (Å²) < 4.78 is 1.96. The van der Waals surface area contributed by atoms with E-state index in [1.165, 1.54) is 10.9 Å². The highest BCUT2D eigenvalue weighted by atomic mass is 16.1. The summed E-state index contributed by atoms with van der Waals surface area (Å²) in [6, 6.07) is 6.39. The molecule has 1 aromatic heterocycles. The Bertz CT molecular complexity index is 523. The van der Waals surface area contributed by atoms with Gasteiger partial charge in [-0.05, 0) is 36.6 Å². The number of nitrogens with zero attached hydrogens (tertiary/aromatic N) is 1. The van der Waals surface area contributed by atoms with Crippen molar-refractivity contribution in [3.63, 3.8) is 0 Å². The van der Waals surface area contributed by atoms with Gasteiger partial charge in [0.25, 0.3) is 0 Å². The Morgan fingerprint density at radius 3 is 2.73 bits per heavy atom. The second-order valence-electron chi connectivity index (χ2n) is 3.89. The number of aromatic nitrogens is 1. The molecule has 0 aliphatic rings. The smallest absolute Gasteiger partial charge is 0.166 e. The first-order valence-electron chi connectivity index (χ1n) is 5.22. The van der Waals surface area contributed by atoms with E-state index in [2.05, 4.69) is 25.1 Å². The number of fused-ring (bicyclic) bond motifs is 1. The third kappa shape index (κ3) is 1.37. The van der Waals surface area contributed by atoms with Gasteiger partial charge in [0, 0.05) is 18.0 Å². The lowest BCUT2D eigenvalue weighted by molar-refractivity contribution is 0.111. The van der Waals surface area contributed by atoms with Crippen LogP contribution >= 0.6 is 0 Å². The zero-order chi connectivity index (χ0) is 11.0. The maximum Gasteiger partial charge on any atom is 0.166 e. The molecule has 0 N–H and O–H groups in total. The molecule has 2 aromatic rings. The first-order valence-corrected chi connectivity index (χ1v) is 5.22. The Morgan fingerprint density at radius 2 is 2.13 bits per heavy atom. The van der Waals surface area contributed by atoms with Gasteiger partial charge in [0.2, 0.25) is 0 Å². The van der Waals surface area contributed by atoms with Crippen molar-refractivity contribution in [2.75, 3.05) is 0 Å². The number of hydrogen-bond acceptors (Lipinski definition) is 1. The predicted molar refractivity (Wildman–Crippen MR) is 62.4 cm³/mol. The van der Waals surface area contributed by atoms with Crippen LogP contribution in [0.5, 0.6) is 0 Å². The van der Waals surface area contributed by atoms with E-state index in [4.69, 9.17) is 0 Å². The number of aldehydes is 1. The fourth-order valence-electron chi connectivity index (χ4n) is 2.08. The maximum absolute atomic E-state index is 11.0. The maximum atomic E-state index is 11.0. The summed E-state index contributed by atoms with van der Waals surface area (Å²) in [6.07, 6.45) is 1.96. The summed E-state index contributed by atoms with van der Waals surface area (Å²) in [6.45, 7) is 4.14. The Morgan fingerprint density at radius 1 is 1.40 bits per heavy atom. The van der Waals surface area contributed by atoms with Gasteiger partial charge in [-0.15, -0.1) is 0 Å². The molecule has 0 amide bonds. The van der Waals surface area contributed by atoms with Crippen LogP contribution in [0.3, 0.4) is 0 Å². The summed E-state index contributed by atoms with van der Waals surface area (Å²) in [5, 5.41) is 1.19. The molecular formula is C13H15NO. The van der Waals surface area contributed by atoms with Crippen molar-refractivity contribution >= 4 is 17.2 Å². The summed E-state index contributed by atoms with van der Waals surface area (Å²) in [7, 11) is 1.94. The van der Waals surface area contributed by atoms with Crippen molar-refractivity contribution in [2.24, 2.45) is 7.05 Å². The molecule has 0 unspecified atom stereocenters. The molecule has 78 valence electrons.